The van der Waals surface area contributed by atoms with E-state index in [0.717, 1.165) is 0 Å². The second-order valence-corrected chi connectivity index (χ2v) is 7.65. The molecule has 4 rings (SSSR count). The number of nitrogens with one attached hydrogen (secondary N) is 2. The number of furan rings is 1. The molecule has 0 radical (unpaired) electrons. The fourth-order valence-electron chi connectivity index (χ4n) is 2.77. The number of hydrogen-bond donors (Lipinski definition) is 2. The Bertz CT molecular complexity index is 1210. The highest BCUT2D eigenvalue weighted by Gasteiger charge is 2.18. The Morgan fingerprint density at radius 1 is 1.28 bits per heavy atom. The van der Waals surface area contributed by atoms with E-state index < -0.39 is 0 Å². The second-order valence-electron chi connectivity index (χ2n) is 6.35. The first kappa shape index (κ1) is 18.9. The number of nitrogens with zero attached hydrogens (tertiary/aromatic N) is 4. The fourth-order valence-corrected chi connectivity index (χ4v) is 3.66. The van der Waals surface area contributed by atoms with Crippen molar-refractivity contribution in [2.24, 2.45) is 7.05 Å². The normalized spacial score (nSPS) is 12.2. The van der Waals surface area contributed by atoms with E-state index >= 15 is 0 Å². The largest absolute Gasteiger partial charge is 0.459 e. The predicted octanol–water partition coefficient (Wildman–Crippen LogP) is 2.43. The lowest BCUT2D eigenvalue weighted by Crippen LogP contribution is -2.24. The number of fused-ring (bicyclic) bond motifs is 1. The highest BCUT2D eigenvalue weighted by Crippen LogP contribution is 2.31. The molecular weight excluding hydrogens is 392 g/mol. The van der Waals surface area contributed by atoms with Crippen LogP contribution < -0.4 is 10.9 Å². The summed E-state index contributed by atoms with van der Waals surface area (Å²) in [5.74, 6) is 1.08. The van der Waals surface area contributed by atoms with E-state index in [4.69, 9.17) is 4.42 Å². The number of thioether (sulfide) groups is 1. The van der Waals surface area contributed by atoms with Gasteiger partial charge in [-0.25, -0.2) is 4.98 Å². The number of hydrogen-bond acceptors (Lipinski definition) is 7. The van der Waals surface area contributed by atoms with Crippen LogP contribution in [0.1, 0.15) is 34.4 Å². The Labute approximate surface area is 169 Å². The van der Waals surface area contributed by atoms with Crippen molar-refractivity contribution in [3.63, 3.8) is 0 Å². The molecule has 0 aliphatic carbocycles. The summed E-state index contributed by atoms with van der Waals surface area (Å²) in [5.41, 5.74) is 0.482. The molecule has 0 spiro atoms. The van der Waals surface area contributed by atoms with Crippen LogP contribution in [0, 0.1) is 0 Å². The Kier molecular flexibility index (Phi) is 5.17. The van der Waals surface area contributed by atoms with Crippen molar-refractivity contribution in [1.82, 2.24) is 30.0 Å². The Morgan fingerprint density at radius 2 is 2.10 bits per heavy atom. The third kappa shape index (κ3) is 3.92. The van der Waals surface area contributed by atoms with E-state index in [2.05, 4.69) is 25.5 Å². The van der Waals surface area contributed by atoms with Crippen LogP contribution in [0.3, 0.4) is 0 Å². The average molecular weight is 410 g/mol. The number of carbonyl (C=O) groups excluding carboxylic acids is 1. The van der Waals surface area contributed by atoms with Crippen molar-refractivity contribution in [3.8, 4) is 0 Å². The standard InChI is InChI=1S/C19H18N6O3S/c1-11(16-21-13-7-4-3-6-12(13)17(26)22-16)29-19-24-23-15(25(19)2)10-20-18(27)14-8-5-9-28-14/h3-9,11H,10H2,1-2H3,(H,20,27)(H,21,22,26)/t11-/m1/s1. The molecule has 1 aromatic carbocycles. The molecule has 0 saturated carbocycles. The van der Waals surface area contributed by atoms with Gasteiger partial charge in [-0.2, -0.15) is 0 Å². The maximum absolute atomic E-state index is 12.3. The van der Waals surface area contributed by atoms with Crippen LogP contribution in [0.5, 0.6) is 0 Å². The number of carbonyl (C=O) groups is 1. The van der Waals surface area contributed by atoms with Crippen LogP contribution >= 0.6 is 11.8 Å². The summed E-state index contributed by atoms with van der Waals surface area (Å²) in [4.78, 5) is 31.7. The van der Waals surface area contributed by atoms with E-state index in [1.54, 1.807) is 22.8 Å². The number of benzene rings is 1. The number of amides is 1. The summed E-state index contributed by atoms with van der Waals surface area (Å²) < 4.78 is 6.86. The number of para-hydroxylation sites is 1. The van der Waals surface area contributed by atoms with Gasteiger partial charge in [-0.3, -0.25) is 9.59 Å². The zero-order valence-electron chi connectivity index (χ0n) is 15.7. The maximum Gasteiger partial charge on any atom is 0.287 e. The summed E-state index contributed by atoms with van der Waals surface area (Å²) in [6.07, 6.45) is 1.44. The molecule has 0 saturated heterocycles. The molecule has 2 N–H and O–H groups in total. The first-order chi connectivity index (χ1) is 14.0. The average Bonchev–Trinajstić information content (AvgIpc) is 3.37. The topological polar surface area (TPSA) is 119 Å². The predicted molar refractivity (Wildman–Crippen MR) is 108 cm³/mol. The first-order valence-electron chi connectivity index (χ1n) is 8.88. The Morgan fingerprint density at radius 3 is 2.90 bits per heavy atom. The van der Waals surface area contributed by atoms with E-state index in [0.29, 0.717) is 27.7 Å². The van der Waals surface area contributed by atoms with Gasteiger partial charge in [0.15, 0.2) is 16.7 Å². The van der Waals surface area contributed by atoms with E-state index in [1.807, 2.05) is 32.2 Å². The molecule has 3 aromatic heterocycles. The van der Waals surface area contributed by atoms with Gasteiger partial charge in [0.2, 0.25) is 0 Å². The molecule has 3 heterocycles. The lowest BCUT2D eigenvalue weighted by atomic mass is 10.2. The highest BCUT2D eigenvalue weighted by molar-refractivity contribution is 7.99. The van der Waals surface area contributed by atoms with Crippen LogP contribution in [0.2, 0.25) is 0 Å². The molecule has 0 bridgehead atoms. The minimum atomic E-state index is -0.321. The van der Waals surface area contributed by atoms with E-state index in [-0.39, 0.29) is 29.0 Å². The van der Waals surface area contributed by atoms with Gasteiger partial charge >= 0.3 is 0 Å². The molecule has 4 aromatic rings. The van der Waals surface area contributed by atoms with Gasteiger partial charge in [0, 0.05) is 7.05 Å². The maximum atomic E-state index is 12.3. The fraction of sp³-hybridized carbons (Fsp3) is 0.211. The third-order valence-electron chi connectivity index (χ3n) is 4.38. The van der Waals surface area contributed by atoms with Crippen LogP contribution in [0.4, 0.5) is 0 Å². The number of rotatable bonds is 6. The van der Waals surface area contributed by atoms with Crippen molar-refractivity contribution >= 4 is 28.6 Å². The molecule has 1 atom stereocenters. The van der Waals surface area contributed by atoms with Crippen molar-refractivity contribution < 1.29 is 9.21 Å². The molecule has 148 valence electrons. The van der Waals surface area contributed by atoms with Gasteiger partial charge in [0.25, 0.3) is 11.5 Å². The van der Waals surface area contributed by atoms with Crippen molar-refractivity contribution in [3.05, 3.63) is 70.4 Å². The third-order valence-corrected chi connectivity index (χ3v) is 5.52. The van der Waals surface area contributed by atoms with Crippen molar-refractivity contribution in [2.75, 3.05) is 0 Å². The smallest absolute Gasteiger partial charge is 0.287 e. The van der Waals surface area contributed by atoms with Gasteiger partial charge in [0.1, 0.15) is 5.82 Å². The van der Waals surface area contributed by atoms with Crippen LogP contribution in [-0.2, 0) is 13.6 Å². The molecule has 1 amide bonds. The Balaban J connectivity index is 1.47. The summed E-state index contributed by atoms with van der Waals surface area (Å²) >= 11 is 1.42. The number of aromatic amines is 1. The summed E-state index contributed by atoms with van der Waals surface area (Å²) in [7, 11) is 1.82. The van der Waals surface area contributed by atoms with E-state index in [1.165, 1.54) is 18.0 Å². The highest BCUT2D eigenvalue weighted by atomic mass is 32.2. The molecule has 9 nitrogen and oxygen atoms in total. The SMILES string of the molecule is C[C@@H](Sc1nnc(CNC(=O)c2ccco2)n1C)c1nc2ccccc2c(=O)[nH]1. The molecule has 0 unspecified atom stereocenters. The van der Waals surface area contributed by atoms with Crippen molar-refractivity contribution in [2.45, 2.75) is 23.9 Å². The minimum Gasteiger partial charge on any atom is -0.459 e. The lowest BCUT2D eigenvalue weighted by Gasteiger charge is -2.11. The van der Waals surface area contributed by atoms with Crippen molar-refractivity contribution in [1.29, 1.82) is 0 Å². The van der Waals surface area contributed by atoms with Gasteiger partial charge in [-0.1, -0.05) is 23.9 Å². The van der Waals surface area contributed by atoms with Gasteiger partial charge in [0.05, 0.1) is 29.0 Å². The molecular formula is C19H18N6O3S. The van der Waals surface area contributed by atoms with Crippen LogP contribution in [0.15, 0.2) is 57.0 Å². The van der Waals surface area contributed by atoms with Crippen LogP contribution in [0.25, 0.3) is 10.9 Å². The quantitative estimate of drug-likeness (QED) is 0.469. The monoisotopic (exact) mass is 410 g/mol. The zero-order chi connectivity index (χ0) is 20.4. The molecule has 10 heteroatoms. The summed E-state index contributed by atoms with van der Waals surface area (Å²) in [6.45, 7) is 2.15. The summed E-state index contributed by atoms with van der Waals surface area (Å²) in [5, 5.41) is 12.1. The molecule has 0 fully saturated rings. The van der Waals surface area contributed by atoms with Crippen LogP contribution in [-0.4, -0.2) is 30.6 Å². The minimum absolute atomic E-state index is 0.152. The van der Waals surface area contributed by atoms with Gasteiger partial charge < -0.3 is 19.3 Å². The molecule has 0 aliphatic heterocycles. The zero-order valence-corrected chi connectivity index (χ0v) is 16.6. The molecule has 0 aliphatic rings. The first-order valence-corrected chi connectivity index (χ1v) is 9.76. The Hall–Kier alpha value is -3.40. The van der Waals surface area contributed by atoms with Gasteiger partial charge in [-0.15, -0.1) is 10.2 Å². The lowest BCUT2D eigenvalue weighted by molar-refractivity contribution is 0.0921. The summed E-state index contributed by atoms with van der Waals surface area (Å²) in [6, 6.07) is 10.5. The van der Waals surface area contributed by atoms with Gasteiger partial charge in [-0.05, 0) is 31.2 Å². The number of H-pyrrole nitrogens is 1. The van der Waals surface area contributed by atoms with E-state index in [9.17, 15) is 9.59 Å². The second kappa shape index (κ2) is 7.92. The number of aromatic nitrogens is 5. The molecule has 29 heavy (non-hydrogen) atoms.